The Morgan fingerprint density at radius 2 is 1.70 bits per heavy atom. The fourth-order valence-electron chi connectivity index (χ4n) is 3.26. The highest BCUT2D eigenvalue weighted by Gasteiger charge is 2.57. The number of carbonyl (C=O) groups excluding carboxylic acids is 1. The first kappa shape index (κ1) is 13.5. The quantitative estimate of drug-likeness (QED) is 0.821. The van der Waals surface area contributed by atoms with Crippen LogP contribution in [0.3, 0.4) is 0 Å². The topological polar surface area (TPSA) is 26.3 Å². The molecule has 5 heteroatoms. The highest BCUT2D eigenvalue weighted by molar-refractivity contribution is 5.92. The molecular formula is C15H15F3O2. The second-order valence-electron chi connectivity index (χ2n) is 5.62. The summed E-state index contributed by atoms with van der Waals surface area (Å²) in [6.45, 7) is 0. The van der Waals surface area contributed by atoms with Crippen LogP contribution in [0.1, 0.15) is 37.7 Å². The van der Waals surface area contributed by atoms with Gasteiger partial charge in [0.25, 0.3) is 0 Å². The number of hydrogen-bond acceptors (Lipinski definition) is 2. The summed E-state index contributed by atoms with van der Waals surface area (Å²) in [5.41, 5.74) is -1.05. The van der Waals surface area contributed by atoms with Gasteiger partial charge in [0.05, 0.1) is 11.0 Å². The molecule has 0 aromatic heterocycles. The molecule has 0 N–H and O–H groups in total. The molecule has 1 atom stereocenters. The van der Waals surface area contributed by atoms with Gasteiger partial charge in [-0.25, -0.2) is 0 Å². The average molecular weight is 284 g/mol. The van der Waals surface area contributed by atoms with Crippen LogP contribution in [0, 0.1) is 5.41 Å². The lowest BCUT2D eigenvalue weighted by atomic mass is 9.63. The van der Waals surface area contributed by atoms with E-state index in [0.29, 0.717) is 12.2 Å². The van der Waals surface area contributed by atoms with E-state index in [2.05, 4.69) is 0 Å². The summed E-state index contributed by atoms with van der Waals surface area (Å²) in [5, 5.41) is 0. The van der Waals surface area contributed by atoms with Crippen molar-refractivity contribution >= 4 is 5.78 Å². The molecule has 0 heterocycles. The lowest BCUT2D eigenvalue weighted by Gasteiger charge is -2.44. The maximum Gasteiger partial charge on any atom is 0.416 e. The van der Waals surface area contributed by atoms with Crippen molar-refractivity contribution in [3.05, 3.63) is 29.8 Å². The Bertz CT molecular complexity index is 513. The Hall–Kier alpha value is -1.52. The van der Waals surface area contributed by atoms with Crippen molar-refractivity contribution in [3.8, 4) is 5.75 Å². The Kier molecular flexibility index (Phi) is 3.03. The van der Waals surface area contributed by atoms with Crippen LogP contribution >= 0.6 is 0 Å². The van der Waals surface area contributed by atoms with Gasteiger partial charge in [0, 0.05) is 6.42 Å². The average Bonchev–Trinajstić information content (AvgIpc) is 2.90. The first-order valence-electron chi connectivity index (χ1n) is 6.79. The summed E-state index contributed by atoms with van der Waals surface area (Å²) in [7, 11) is 0. The van der Waals surface area contributed by atoms with Crippen LogP contribution in [-0.4, -0.2) is 11.9 Å². The van der Waals surface area contributed by atoms with Gasteiger partial charge in [0.1, 0.15) is 17.6 Å². The van der Waals surface area contributed by atoms with Crippen LogP contribution in [0.25, 0.3) is 0 Å². The van der Waals surface area contributed by atoms with E-state index >= 15 is 0 Å². The third-order valence-corrected chi connectivity index (χ3v) is 4.50. The van der Waals surface area contributed by atoms with E-state index in [4.69, 9.17) is 4.74 Å². The predicted octanol–water partition coefficient (Wildman–Crippen LogP) is 3.99. The Balaban J connectivity index is 1.71. The number of ketones is 1. The molecule has 2 aliphatic carbocycles. The van der Waals surface area contributed by atoms with Crippen molar-refractivity contribution in [2.45, 2.75) is 44.4 Å². The molecule has 108 valence electrons. The number of halogens is 3. The van der Waals surface area contributed by atoms with Gasteiger partial charge in [-0.1, -0.05) is 12.8 Å². The minimum absolute atomic E-state index is 0.172. The van der Waals surface area contributed by atoms with E-state index in [9.17, 15) is 18.0 Å². The minimum atomic E-state index is -4.34. The van der Waals surface area contributed by atoms with Crippen LogP contribution < -0.4 is 4.74 Å². The number of hydrogen-bond donors (Lipinski definition) is 0. The zero-order valence-corrected chi connectivity index (χ0v) is 10.9. The third kappa shape index (κ3) is 2.09. The molecule has 1 aromatic carbocycles. The Labute approximate surface area is 114 Å². The Morgan fingerprint density at radius 1 is 1.10 bits per heavy atom. The van der Waals surface area contributed by atoms with E-state index in [-0.39, 0.29) is 17.3 Å². The van der Waals surface area contributed by atoms with Gasteiger partial charge in [0.2, 0.25) is 0 Å². The van der Waals surface area contributed by atoms with Crippen molar-refractivity contribution in [3.63, 3.8) is 0 Å². The van der Waals surface area contributed by atoms with Crippen molar-refractivity contribution < 1.29 is 22.7 Å². The predicted molar refractivity (Wildman–Crippen MR) is 66.4 cm³/mol. The second-order valence-corrected chi connectivity index (χ2v) is 5.62. The summed E-state index contributed by atoms with van der Waals surface area (Å²) >= 11 is 0. The molecule has 2 nitrogen and oxygen atoms in total. The van der Waals surface area contributed by atoms with E-state index < -0.39 is 11.7 Å². The molecule has 2 aliphatic rings. The van der Waals surface area contributed by atoms with E-state index in [1.165, 1.54) is 12.1 Å². The normalized spacial score (nSPS) is 24.8. The fourth-order valence-corrected chi connectivity index (χ4v) is 3.26. The molecule has 0 aliphatic heterocycles. The molecule has 1 unspecified atom stereocenters. The standard InChI is InChI=1S/C15H15F3O2/c16-15(17,18)10-3-5-11(6-4-10)20-13-9-12(19)14(13)7-1-2-8-14/h3-6,13H,1-2,7-9H2. The van der Waals surface area contributed by atoms with E-state index in [1.54, 1.807) is 0 Å². The third-order valence-electron chi connectivity index (χ3n) is 4.50. The molecule has 1 spiro atoms. The van der Waals surface area contributed by atoms with Crippen molar-refractivity contribution in [1.29, 1.82) is 0 Å². The molecule has 1 aromatic rings. The first-order valence-corrected chi connectivity index (χ1v) is 6.79. The van der Waals surface area contributed by atoms with E-state index in [1.807, 2.05) is 0 Å². The number of carbonyl (C=O) groups is 1. The van der Waals surface area contributed by atoms with Gasteiger partial charge in [-0.2, -0.15) is 13.2 Å². The number of Topliss-reactive ketones (excluding diaryl/α,β-unsaturated/α-hetero) is 1. The summed E-state index contributed by atoms with van der Waals surface area (Å²) < 4.78 is 43.1. The summed E-state index contributed by atoms with van der Waals surface area (Å²) in [5.74, 6) is 0.647. The molecule has 0 saturated heterocycles. The maximum atomic E-state index is 12.5. The lowest BCUT2D eigenvalue weighted by molar-refractivity contribution is -0.151. The Morgan fingerprint density at radius 3 is 2.20 bits per heavy atom. The van der Waals surface area contributed by atoms with Crippen LogP contribution in [0.4, 0.5) is 13.2 Å². The van der Waals surface area contributed by atoms with Crippen LogP contribution in [0.2, 0.25) is 0 Å². The zero-order valence-electron chi connectivity index (χ0n) is 10.9. The van der Waals surface area contributed by atoms with Crippen LogP contribution in [0.15, 0.2) is 24.3 Å². The molecule has 0 amide bonds. The monoisotopic (exact) mass is 284 g/mol. The van der Waals surface area contributed by atoms with Gasteiger partial charge in [-0.3, -0.25) is 4.79 Å². The van der Waals surface area contributed by atoms with Gasteiger partial charge in [-0.05, 0) is 37.1 Å². The highest BCUT2D eigenvalue weighted by Crippen LogP contribution is 2.52. The van der Waals surface area contributed by atoms with Gasteiger partial charge in [-0.15, -0.1) is 0 Å². The first-order chi connectivity index (χ1) is 9.42. The molecule has 2 saturated carbocycles. The smallest absolute Gasteiger partial charge is 0.416 e. The van der Waals surface area contributed by atoms with Gasteiger partial charge in [0.15, 0.2) is 0 Å². The molecule has 2 fully saturated rings. The lowest BCUT2D eigenvalue weighted by Crippen LogP contribution is -2.55. The van der Waals surface area contributed by atoms with Gasteiger partial charge >= 0.3 is 6.18 Å². The summed E-state index contributed by atoms with van der Waals surface area (Å²) in [4.78, 5) is 11.8. The molecular weight excluding hydrogens is 269 g/mol. The molecule has 20 heavy (non-hydrogen) atoms. The largest absolute Gasteiger partial charge is 0.489 e. The minimum Gasteiger partial charge on any atom is -0.489 e. The van der Waals surface area contributed by atoms with E-state index in [0.717, 1.165) is 37.8 Å². The SMILES string of the molecule is O=C1CC(Oc2ccc(C(F)(F)F)cc2)C12CCCC2. The van der Waals surface area contributed by atoms with Crippen molar-refractivity contribution in [2.24, 2.45) is 5.41 Å². The molecule has 3 rings (SSSR count). The maximum absolute atomic E-state index is 12.5. The second kappa shape index (κ2) is 4.50. The summed E-state index contributed by atoms with van der Waals surface area (Å²) in [6, 6.07) is 4.68. The number of benzene rings is 1. The highest BCUT2D eigenvalue weighted by atomic mass is 19.4. The fraction of sp³-hybridized carbons (Fsp3) is 0.533. The molecule has 0 bridgehead atoms. The van der Waals surface area contributed by atoms with Crippen molar-refractivity contribution in [1.82, 2.24) is 0 Å². The number of ether oxygens (including phenoxy) is 1. The molecule has 0 radical (unpaired) electrons. The summed E-state index contributed by atoms with van der Waals surface area (Å²) in [6.07, 6.45) is -0.390. The zero-order chi connectivity index (χ0) is 14.4. The van der Waals surface area contributed by atoms with Crippen LogP contribution in [-0.2, 0) is 11.0 Å². The number of rotatable bonds is 2. The van der Waals surface area contributed by atoms with Gasteiger partial charge < -0.3 is 4.74 Å². The van der Waals surface area contributed by atoms with Crippen molar-refractivity contribution in [2.75, 3.05) is 0 Å². The van der Waals surface area contributed by atoms with Crippen LogP contribution in [0.5, 0.6) is 5.75 Å². The number of alkyl halides is 3.